The van der Waals surface area contributed by atoms with Crippen molar-refractivity contribution >= 4 is 0 Å². The molecule has 1 heterocycles. The average molecular weight is 272 g/mol. The van der Waals surface area contributed by atoms with Crippen LogP contribution in [-0.4, -0.2) is 23.4 Å². The molecular formula is C16H32O3. The van der Waals surface area contributed by atoms with Gasteiger partial charge in [0.05, 0.1) is 13.2 Å². The number of hydrogen-bond acceptors (Lipinski definition) is 3. The van der Waals surface area contributed by atoms with Crippen molar-refractivity contribution in [1.29, 1.82) is 0 Å². The summed E-state index contributed by atoms with van der Waals surface area (Å²) in [7, 11) is 0. The lowest BCUT2D eigenvalue weighted by Gasteiger charge is -2.32. The Morgan fingerprint density at radius 3 is 2.05 bits per heavy atom. The molecule has 1 aliphatic heterocycles. The van der Waals surface area contributed by atoms with Gasteiger partial charge in [0.15, 0.2) is 0 Å². The van der Waals surface area contributed by atoms with Gasteiger partial charge in [0, 0.05) is 5.57 Å². The van der Waals surface area contributed by atoms with Crippen LogP contribution < -0.4 is 0 Å². The maximum atomic E-state index is 9.15. The third-order valence-corrected chi connectivity index (χ3v) is 4.23. The standard InChI is InChI=1S/C14H28O2.C2H4O/c1-6-7-8-9-10-11(2)14(4,5)12(3)13(15)16;1-2-3-1/h11,15-16H,6-10H2,1-5H3;1-2H2. The Hall–Kier alpha value is -0.700. The molecule has 0 aromatic carbocycles. The lowest BCUT2D eigenvalue weighted by atomic mass is 9.72. The molecule has 3 heteroatoms. The maximum Gasteiger partial charge on any atom is 0.273 e. The van der Waals surface area contributed by atoms with E-state index in [-0.39, 0.29) is 5.41 Å². The Kier molecular flexibility index (Phi) is 8.90. The first-order valence-corrected chi connectivity index (χ1v) is 7.51. The van der Waals surface area contributed by atoms with E-state index in [0.29, 0.717) is 11.5 Å². The van der Waals surface area contributed by atoms with Crippen molar-refractivity contribution in [2.75, 3.05) is 13.2 Å². The topological polar surface area (TPSA) is 53.0 Å². The van der Waals surface area contributed by atoms with Crippen LogP contribution in [0.2, 0.25) is 0 Å². The summed E-state index contributed by atoms with van der Waals surface area (Å²) in [6.45, 7) is 12.4. The second-order valence-corrected chi connectivity index (χ2v) is 6.03. The van der Waals surface area contributed by atoms with Crippen molar-refractivity contribution in [3.63, 3.8) is 0 Å². The number of epoxide rings is 1. The first kappa shape index (κ1) is 18.3. The quantitative estimate of drug-likeness (QED) is 0.390. The highest BCUT2D eigenvalue weighted by atomic mass is 16.6. The summed E-state index contributed by atoms with van der Waals surface area (Å²) in [6.07, 6.45) is 6.22. The summed E-state index contributed by atoms with van der Waals surface area (Å²) in [6, 6.07) is 0. The molecule has 114 valence electrons. The fraction of sp³-hybridized carbons (Fsp3) is 0.875. The summed E-state index contributed by atoms with van der Waals surface area (Å²) in [5, 5.41) is 18.3. The minimum absolute atomic E-state index is 0.134. The zero-order chi connectivity index (χ0) is 14.9. The van der Waals surface area contributed by atoms with Crippen LogP contribution in [0.5, 0.6) is 0 Å². The highest BCUT2D eigenvalue weighted by Gasteiger charge is 2.29. The smallest absolute Gasteiger partial charge is 0.273 e. The van der Waals surface area contributed by atoms with E-state index in [0.717, 1.165) is 19.6 Å². The minimum Gasteiger partial charge on any atom is -0.481 e. The largest absolute Gasteiger partial charge is 0.481 e. The van der Waals surface area contributed by atoms with Crippen LogP contribution in [0.3, 0.4) is 0 Å². The Labute approximate surface area is 118 Å². The molecule has 3 nitrogen and oxygen atoms in total. The number of unbranched alkanes of at least 4 members (excludes halogenated alkanes) is 3. The lowest BCUT2D eigenvalue weighted by molar-refractivity contribution is 0.158. The van der Waals surface area contributed by atoms with Crippen LogP contribution in [0.15, 0.2) is 11.5 Å². The van der Waals surface area contributed by atoms with Crippen molar-refractivity contribution in [2.45, 2.75) is 66.7 Å². The predicted molar refractivity (Wildman–Crippen MR) is 80.5 cm³/mol. The van der Waals surface area contributed by atoms with Crippen LogP contribution in [0.1, 0.15) is 66.7 Å². The minimum atomic E-state index is -0.509. The van der Waals surface area contributed by atoms with Gasteiger partial charge in [-0.15, -0.1) is 0 Å². The highest BCUT2D eigenvalue weighted by molar-refractivity contribution is 5.10. The van der Waals surface area contributed by atoms with Crippen molar-refractivity contribution in [1.82, 2.24) is 0 Å². The fourth-order valence-corrected chi connectivity index (χ4v) is 1.90. The van der Waals surface area contributed by atoms with Gasteiger partial charge in [-0.3, -0.25) is 0 Å². The van der Waals surface area contributed by atoms with E-state index in [1.807, 2.05) is 0 Å². The molecule has 1 atom stereocenters. The van der Waals surface area contributed by atoms with Crippen LogP contribution >= 0.6 is 0 Å². The van der Waals surface area contributed by atoms with E-state index in [2.05, 4.69) is 32.4 Å². The molecule has 2 N–H and O–H groups in total. The van der Waals surface area contributed by atoms with E-state index in [1.54, 1.807) is 6.92 Å². The van der Waals surface area contributed by atoms with Gasteiger partial charge in [-0.2, -0.15) is 0 Å². The molecule has 19 heavy (non-hydrogen) atoms. The molecule has 0 aliphatic carbocycles. The van der Waals surface area contributed by atoms with Crippen molar-refractivity contribution < 1.29 is 14.9 Å². The zero-order valence-corrected chi connectivity index (χ0v) is 13.3. The SMILES string of the molecule is C1CO1.CCCCCCC(C)C(C)(C)C(C)=C(O)O. The van der Waals surface area contributed by atoms with Crippen molar-refractivity contribution in [3.05, 3.63) is 11.5 Å². The van der Waals surface area contributed by atoms with Crippen molar-refractivity contribution in [3.8, 4) is 0 Å². The van der Waals surface area contributed by atoms with Crippen LogP contribution in [0.4, 0.5) is 0 Å². The Morgan fingerprint density at radius 1 is 1.16 bits per heavy atom. The first-order chi connectivity index (χ1) is 8.84. The van der Waals surface area contributed by atoms with Crippen LogP contribution in [-0.2, 0) is 4.74 Å². The van der Waals surface area contributed by atoms with Crippen LogP contribution in [0.25, 0.3) is 0 Å². The van der Waals surface area contributed by atoms with E-state index < -0.39 is 5.95 Å². The molecule has 0 amide bonds. The summed E-state index contributed by atoms with van der Waals surface area (Å²) < 4.78 is 4.50. The summed E-state index contributed by atoms with van der Waals surface area (Å²) in [4.78, 5) is 0. The Morgan fingerprint density at radius 2 is 1.68 bits per heavy atom. The summed E-state index contributed by atoms with van der Waals surface area (Å²) >= 11 is 0. The van der Waals surface area contributed by atoms with E-state index >= 15 is 0 Å². The maximum absolute atomic E-state index is 9.15. The Balaban J connectivity index is 0.000000934. The zero-order valence-electron chi connectivity index (χ0n) is 13.3. The second-order valence-electron chi connectivity index (χ2n) is 6.03. The van der Waals surface area contributed by atoms with Crippen LogP contribution in [0, 0.1) is 11.3 Å². The molecule has 0 radical (unpaired) electrons. The molecule has 0 saturated carbocycles. The van der Waals surface area contributed by atoms with E-state index in [4.69, 9.17) is 10.2 Å². The summed E-state index contributed by atoms with van der Waals surface area (Å²) in [5.41, 5.74) is 0.556. The van der Waals surface area contributed by atoms with Gasteiger partial charge in [0.2, 0.25) is 0 Å². The number of hydrogen-bond donors (Lipinski definition) is 2. The number of aliphatic hydroxyl groups excluding tert-OH is 1. The van der Waals surface area contributed by atoms with Gasteiger partial charge in [0.1, 0.15) is 0 Å². The molecule has 1 saturated heterocycles. The van der Waals surface area contributed by atoms with Gasteiger partial charge >= 0.3 is 0 Å². The number of rotatable bonds is 7. The highest BCUT2D eigenvalue weighted by Crippen LogP contribution is 2.38. The van der Waals surface area contributed by atoms with Gasteiger partial charge in [-0.05, 0) is 24.7 Å². The lowest BCUT2D eigenvalue weighted by Crippen LogP contribution is -2.24. The van der Waals surface area contributed by atoms with Gasteiger partial charge < -0.3 is 14.9 Å². The van der Waals surface area contributed by atoms with Gasteiger partial charge in [-0.1, -0.05) is 53.4 Å². The molecule has 0 aromatic heterocycles. The average Bonchev–Trinajstić information content (AvgIpc) is 3.20. The third-order valence-electron chi connectivity index (χ3n) is 4.23. The monoisotopic (exact) mass is 272 g/mol. The second kappa shape index (κ2) is 9.24. The van der Waals surface area contributed by atoms with E-state index in [9.17, 15) is 0 Å². The Bertz CT molecular complexity index is 260. The van der Waals surface area contributed by atoms with Crippen molar-refractivity contribution in [2.24, 2.45) is 11.3 Å². The molecule has 1 unspecified atom stereocenters. The normalized spacial score (nSPS) is 15.2. The fourth-order valence-electron chi connectivity index (χ4n) is 1.90. The molecule has 0 bridgehead atoms. The molecule has 0 spiro atoms. The summed E-state index contributed by atoms with van der Waals surface area (Å²) in [5.74, 6) is -0.0379. The number of allylic oxidation sites excluding steroid dienone is 1. The predicted octanol–water partition coefficient (Wildman–Crippen LogP) is 4.98. The number of ether oxygens (including phenoxy) is 1. The van der Waals surface area contributed by atoms with Gasteiger partial charge in [0.25, 0.3) is 5.95 Å². The molecular weight excluding hydrogens is 240 g/mol. The first-order valence-electron chi connectivity index (χ1n) is 7.51. The molecule has 1 fully saturated rings. The van der Waals surface area contributed by atoms with Gasteiger partial charge in [-0.25, -0.2) is 0 Å². The van der Waals surface area contributed by atoms with E-state index in [1.165, 1.54) is 25.7 Å². The molecule has 1 rings (SSSR count). The third kappa shape index (κ3) is 8.14. The molecule has 1 aliphatic rings. The number of aliphatic hydroxyl groups is 2. The molecule has 0 aromatic rings.